The van der Waals surface area contributed by atoms with E-state index in [1.807, 2.05) is 0 Å². The van der Waals surface area contributed by atoms with Crippen molar-refractivity contribution >= 4 is 22.6 Å². The molecule has 0 unspecified atom stereocenters. The van der Waals surface area contributed by atoms with Gasteiger partial charge in [-0.3, -0.25) is 0 Å². The van der Waals surface area contributed by atoms with Crippen molar-refractivity contribution in [2.24, 2.45) is 0 Å². The van der Waals surface area contributed by atoms with Gasteiger partial charge >= 0.3 is 5.63 Å². The average Bonchev–Trinajstić information content (AvgIpc) is 2.76. The maximum Gasteiger partial charge on any atom is 0.339 e. The summed E-state index contributed by atoms with van der Waals surface area (Å²) >= 11 is 6.22. The molecular formula is C27H41ClO4. The molecule has 0 fully saturated rings. The summed E-state index contributed by atoms with van der Waals surface area (Å²) in [5.41, 5.74) is -0.345. The van der Waals surface area contributed by atoms with Crippen LogP contribution in [0.25, 0.3) is 11.0 Å². The molecule has 2 rings (SSSR count). The van der Waals surface area contributed by atoms with Crippen LogP contribution in [0.2, 0.25) is 5.02 Å². The number of rotatable bonds is 18. The third-order valence-corrected chi connectivity index (χ3v) is 6.33. The highest BCUT2D eigenvalue weighted by molar-refractivity contribution is 6.32. The molecule has 0 amide bonds. The van der Waals surface area contributed by atoms with Gasteiger partial charge in [0.1, 0.15) is 17.1 Å². The zero-order chi connectivity index (χ0) is 23.0. The van der Waals surface area contributed by atoms with Crippen LogP contribution < -0.4 is 10.4 Å². The molecule has 1 aromatic carbocycles. The van der Waals surface area contributed by atoms with Gasteiger partial charge in [0.2, 0.25) is 0 Å². The van der Waals surface area contributed by atoms with Gasteiger partial charge in [-0.25, -0.2) is 4.79 Å². The predicted octanol–water partition coefficient (Wildman–Crippen LogP) is 8.79. The number of hydrogen-bond donors (Lipinski definition) is 1. The van der Waals surface area contributed by atoms with Gasteiger partial charge in [0.15, 0.2) is 0 Å². The molecule has 1 heterocycles. The molecule has 0 atom stereocenters. The van der Waals surface area contributed by atoms with Crippen LogP contribution in [0.1, 0.15) is 110 Å². The van der Waals surface area contributed by atoms with Gasteiger partial charge in [-0.2, -0.15) is 0 Å². The molecule has 0 aliphatic rings. The Balaban J connectivity index is 1.45. The maximum atomic E-state index is 11.3. The second-order valence-corrected chi connectivity index (χ2v) is 9.29. The molecule has 0 saturated heterocycles. The minimum Gasteiger partial charge on any atom is -0.507 e. The van der Waals surface area contributed by atoms with E-state index >= 15 is 0 Å². The topological polar surface area (TPSA) is 59.7 Å². The van der Waals surface area contributed by atoms with Gasteiger partial charge in [-0.1, -0.05) is 115 Å². The highest BCUT2D eigenvalue weighted by atomic mass is 35.5. The fourth-order valence-corrected chi connectivity index (χ4v) is 4.30. The maximum absolute atomic E-state index is 11.3. The largest absolute Gasteiger partial charge is 0.507 e. The number of unbranched alkanes of at least 4 members (excludes halogenated alkanes) is 15. The van der Waals surface area contributed by atoms with Crippen LogP contribution in [0.15, 0.2) is 27.4 Å². The lowest BCUT2D eigenvalue weighted by molar-refractivity contribution is 0.304. The molecule has 0 bridgehead atoms. The average molecular weight is 465 g/mol. The zero-order valence-corrected chi connectivity index (χ0v) is 20.6. The van der Waals surface area contributed by atoms with E-state index in [1.54, 1.807) is 6.07 Å². The molecule has 5 heteroatoms. The third-order valence-electron chi connectivity index (χ3n) is 6.03. The summed E-state index contributed by atoms with van der Waals surface area (Å²) in [5, 5.41) is 10.7. The Morgan fingerprint density at radius 2 is 1.28 bits per heavy atom. The van der Waals surface area contributed by atoms with E-state index in [1.165, 1.54) is 96.0 Å². The Labute approximate surface area is 198 Å². The summed E-state index contributed by atoms with van der Waals surface area (Å²) in [7, 11) is 0. The third kappa shape index (κ3) is 10.3. The number of ether oxygens (including phenoxy) is 1. The summed E-state index contributed by atoms with van der Waals surface area (Å²) in [6.07, 6.45) is 21.4. The van der Waals surface area contributed by atoms with E-state index in [-0.39, 0.29) is 11.3 Å². The Bertz CT molecular complexity index is 830. The Morgan fingerprint density at radius 1 is 0.781 bits per heavy atom. The van der Waals surface area contributed by atoms with Gasteiger partial charge in [-0.15, -0.1) is 0 Å². The van der Waals surface area contributed by atoms with Crippen LogP contribution >= 0.6 is 11.6 Å². The van der Waals surface area contributed by atoms with Crippen molar-refractivity contribution in [3.05, 3.63) is 33.6 Å². The van der Waals surface area contributed by atoms with Gasteiger partial charge in [-0.05, 0) is 12.5 Å². The first-order valence-electron chi connectivity index (χ1n) is 12.7. The van der Waals surface area contributed by atoms with Crippen molar-refractivity contribution in [1.82, 2.24) is 0 Å². The lowest BCUT2D eigenvalue weighted by Crippen LogP contribution is -1.99. The Kier molecular flexibility index (Phi) is 13.3. The predicted molar refractivity (Wildman–Crippen MR) is 134 cm³/mol. The Morgan fingerprint density at radius 3 is 1.81 bits per heavy atom. The Hall–Kier alpha value is -1.68. The number of hydrogen-bond acceptors (Lipinski definition) is 4. The molecule has 0 radical (unpaired) electrons. The smallest absolute Gasteiger partial charge is 0.339 e. The second-order valence-electron chi connectivity index (χ2n) is 8.88. The zero-order valence-electron chi connectivity index (χ0n) is 19.8. The van der Waals surface area contributed by atoms with E-state index in [2.05, 4.69) is 6.92 Å². The highest BCUT2D eigenvalue weighted by Gasteiger charge is 2.10. The molecule has 0 spiro atoms. The highest BCUT2D eigenvalue weighted by Crippen LogP contribution is 2.33. The van der Waals surface area contributed by atoms with Crippen molar-refractivity contribution in [2.45, 2.75) is 110 Å². The lowest BCUT2D eigenvalue weighted by Gasteiger charge is -2.09. The van der Waals surface area contributed by atoms with Crippen molar-refractivity contribution in [3.63, 3.8) is 0 Å². The SMILES string of the molecule is CCCCCCCCCCCCCCCCCCOc1cc2c(O)cc(=O)oc2cc1Cl. The molecule has 32 heavy (non-hydrogen) atoms. The van der Waals surface area contributed by atoms with Crippen molar-refractivity contribution in [2.75, 3.05) is 6.61 Å². The van der Waals surface area contributed by atoms with Crippen LogP contribution in [0.4, 0.5) is 0 Å². The molecule has 0 saturated carbocycles. The van der Waals surface area contributed by atoms with E-state index in [9.17, 15) is 9.90 Å². The number of benzene rings is 1. The van der Waals surface area contributed by atoms with Crippen molar-refractivity contribution in [1.29, 1.82) is 0 Å². The first-order chi connectivity index (χ1) is 15.6. The van der Waals surface area contributed by atoms with Crippen LogP contribution in [-0.2, 0) is 0 Å². The molecule has 180 valence electrons. The molecule has 1 N–H and O–H groups in total. The van der Waals surface area contributed by atoms with E-state index in [0.29, 0.717) is 22.8 Å². The molecule has 2 aromatic rings. The minimum atomic E-state index is -0.604. The molecule has 0 aliphatic carbocycles. The van der Waals surface area contributed by atoms with Gasteiger partial charge < -0.3 is 14.3 Å². The fraction of sp³-hybridized carbons (Fsp3) is 0.667. The summed E-state index contributed by atoms with van der Waals surface area (Å²) in [6, 6.07) is 4.19. The van der Waals surface area contributed by atoms with Gasteiger partial charge in [0, 0.05) is 6.07 Å². The normalized spacial score (nSPS) is 11.3. The van der Waals surface area contributed by atoms with Crippen LogP contribution in [0.3, 0.4) is 0 Å². The van der Waals surface area contributed by atoms with E-state index in [4.69, 9.17) is 20.8 Å². The monoisotopic (exact) mass is 464 g/mol. The summed E-state index contributed by atoms with van der Waals surface area (Å²) in [5.74, 6) is 0.379. The van der Waals surface area contributed by atoms with Gasteiger partial charge in [0.25, 0.3) is 0 Å². The van der Waals surface area contributed by atoms with E-state index in [0.717, 1.165) is 18.9 Å². The standard InChI is InChI=1S/C27H41ClO4/c1-2-3-4-5-6-7-8-9-10-11-12-13-14-15-16-17-18-31-26-19-22-24(29)21-27(30)32-25(22)20-23(26)28/h19-21,29H,2-18H2,1H3. The number of aromatic hydroxyl groups is 1. The molecule has 1 aromatic heterocycles. The summed E-state index contributed by atoms with van der Waals surface area (Å²) in [4.78, 5) is 11.3. The summed E-state index contributed by atoms with van der Waals surface area (Å²) < 4.78 is 10.8. The van der Waals surface area contributed by atoms with Crippen LogP contribution in [0, 0.1) is 0 Å². The number of fused-ring (bicyclic) bond motifs is 1. The first-order valence-corrected chi connectivity index (χ1v) is 13.1. The molecular weight excluding hydrogens is 424 g/mol. The van der Waals surface area contributed by atoms with E-state index < -0.39 is 5.63 Å². The molecule has 4 nitrogen and oxygen atoms in total. The van der Waals surface area contributed by atoms with Crippen molar-refractivity contribution < 1.29 is 14.3 Å². The van der Waals surface area contributed by atoms with Crippen molar-refractivity contribution in [3.8, 4) is 11.5 Å². The minimum absolute atomic E-state index is 0.125. The van der Waals surface area contributed by atoms with Crippen LogP contribution in [-0.4, -0.2) is 11.7 Å². The number of halogens is 1. The fourth-order valence-electron chi connectivity index (χ4n) is 4.09. The quantitative estimate of drug-likeness (QED) is 0.177. The van der Waals surface area contributed by atoms with Gasteiger partial charge in [0.05, 0.1) is 23.1 Å². The second kappa shape index (κ2) is 16.0. The lowest BCUT2D eigenvalue weighted by atomic mass is 10.0. The molecule has 0 aliphatic heterocycles. The van der Waals surface area contributed by atoms with Crippen LogP contribution in [0.5, 0.6) is 11.5 Å². The first kappa shape index (κ1) is 26.6. The summed E-state index contributed by atoms with van der Waals surface area (Å²) in [6.45, 7) is 2.86.